The van der Waals surface area contributed by atoms with Gasteiger partial charge in [0.05, 0.1) is 6.10 Å². The molecule has 1 rings (SSSR count). The van der Waals surface area contributed by atoms with E-state index >= 15 is 0 Å². The second-order valence-electron chi connectivity index (χ2n) is 4.15. The minimum Gasteiger partial charge on any atom is -0.393 e. The van der Waals surface area contributed by atoms with Crippen LogP contribution in [-0.4, -0.2) is 51.5 Å². The lowest BCUT2D eigenvalue weighted by atomic mass is 10.2. The van der Waals surface area contributed by atoms with Gasteiger partial charge in [-0.15, -0.1) is 0 Å². The first-order valence-electron chi connectivity index (χ1n) is 5.42. The molecule has 5 heteroatoms. The van der Waals surface area contributed by atoms with Crippen molar-refractivity contribution in [2.45, 2.75) is 52.1 Å². The lowest BCUT2D eigenvalue weighted by molar-refractivity contribution is -0.0596. The Morgan fingerprint density at radius 1 is 1.47 bits per heavy atom. The Hall–Kier alpha value is -0.810. The van der Waals surface area contributed by atoms with Crippen molar-refractivity contribution in [2.75, 3.05) is 7.05 Å². The van der Waals surface area contributed by atoms with Crippen LogP contribution in [0.5, 0.6) is 0 Å². The van der Waals surface area contributed by atoms with Crippen LogP contribution in [0, 0.1) is 0 Å². The molecule has 0 saturated heterocycles. The van der Waals surface area contributed by atoms with Gasteiger partial charge in [0.1, 0.15) is 5.84 Å². The smallest absolute Gasteiger partial charge is 0.223 e. The Bertz CT molecular complexity index is 243. The second kappa shape index (κ2) is 4.81. The van der Waals surface area contributed by atoms with Gasteiger partial charge in [0.2, 0.25) is 6.35 Å². The summed E-state index contributed by atoms with van der Waals surface area (Å²) in [5, 5.41) is 25.0. The van der Waals surface area contributed by atoms with E-state index in [0.717, 1.165) is 12.3 Å². The van der Waals surface area contributed by atoms with E-state index in [2.05, 4.69) is 12.0 Å². The topological polar surface area (TPSA) is 59.3 Å². The van der Waals surface area contributed by atoms with Gasteiger partial charge in [-0.1, -0.05) is 6.92 Å². The minimum absolute atomic E-state index is 0.224. The van der Waals surface area contributed by atoms with Crippen molar-refractivity contribution < 1.29 is 10.2 Å². The molecule has 0 radical (unpaired) electrons. The summed E-state index contributed by atoms with van der Waals surface area (Å²) in [5.41, 5.74) is 0. The Kier molecular flexibility index (Phi) is 3.93. The number of hydrazone groups is 1. The average Bonchev–Trinajstić information content (AvgIpc) is 2.41. The normalized spacial score (nSPS) is 25.5. The van der Waals surface area contributed by atoms with Gasteiger partial charge in [-0.05, 0) is 20.3 Å². The summed E-state index contributed by atoms with van der Waals surface area (Å²) in [6.45, 7) is 5.83. The summed E-state index contributed by atoms with van der Waals surface area (Å²) >= 11 is 0. The number of amidine groups is 1. The highest BCUT2D eigenvalue weighted by Crippen LogP contribution is 2.20. The van der Waals surface area contributed by atoms with Crippen LogP contribution >= 0.6 is 0 Å². The molecule has 0 saturated carbocycles. The summed E-state index contributed by atoms with van der Waals surface area (Å²) in [6, 6.07) is 0.224. The number of nitrogens with zero attached hydrogens (tertiary/aromatic N) is 3. The Labute approximate surface area is 91.0 Å². The molecule has 0 fully saturated rings. The summed E-state index contributed by atoms with van der Waals surface area (Å²) in [4.78, 5) is 1.85. The summed E-state index contributed by atoms with van der Waals surface area (Å²) < 4.78 is 0. The van der Waals surface area contributed by atoms with Gasteiger partial charge in [-0.2, -0.15) is 5.10 Å². The van der Waals surface area contributed by atoms with Crippen molar-refractivity contribution in [2.24, 2.45) is 5.10 Å². The van der Waals surface area contributed by atoms with E-state index in [9.17, 15) is 10.2 Å². The van der Waals surface area contributed by atoms with Crippen LogP contribution in [-0.2, 0) is 0 Å². The van der Waals surface area contributed by atoms with Crippen LogP contribution in [0.1, 0.15) is 33.6 Å². The number of hydrogen-bond donors (Lipinski definition) is 2. The third-order valence-electron chi connectivity index (χ3n) is 2.70. The predicted molar refractivity (Wildman–Crippen MR) is 59.1 cm³/mol. The molecule has 0 amide bonds. The molecular weight excluding hydrogens is 194 g/mol. The molecule has 5 nitrogen and oxygen atoms in total. The van der Waals surface area contributed by atoms with Gasteiger partial charge in [0, 0.05) is 19.5 Å². The van der Waals surface area contributed by atoms with E-state index in [1.165, 1.54) is 5.01 Å². The van der Waals surface area contributed by atoms with Crippen LogP contribution in [0.4, 0.5) is 0 Å². The van der Waals surface area contributed by atoms with E-state index in [1.807, 2.05) is 11.8 Å². The maximum absolute atomic E-state index is 9.90. The van der Waals surface area contributed by atoms with Crippen LogP contribution in [0.25, 0.3) is 0 Å². The Morgan fingerprint density at radius 3 is 2.53 bits per heavy atom. The molecule has 0 spiro atoms. The third-order valence-corrected chi connectivity index (χ3v) is 2.70. The highest BCUT2D eigenvalue weighted by molar-refractivity contribution is 5.84. The van der Waals surface area contributed by atoms with Crippen molar-refractivity contribution in [3.05, 3.63) is 0 Å². The lowest BCUT2D eigenvalue weighted by Crippen LogP contribution is -2.46. The van der Waals surface area contributed by atoms with E-state index in [-0.39, 0.29) is 6.04 Å². The maximum Gasteiger partial charge on any atom is 0.223 e. The molecule has 1 aliphatic rings. The molecule has 0 aromatic carbocycles. The first-order valence-corrected chi connectivity index (χ1v) is 5.42. The van der Waals surface area contributed by atoms with Crippen LogP contribution < -0.4 is 0 Å². The van der Waals surface area contributed by atoms with Crippen molar-refractivity contribution in [1.29, 1.82) is 0 Å². The molecule has 1 aliphatic heterocycles. The predicted octanol–water partition coefficient (Wildman–Crippen LogP) is 0.393. The molecule has 1 heterocycles. The van der Waals surface area contributed by atoms with E-state index in [1.54, 1.807) is 14.0 Å². The molecule has 0 aliphatic carbocycles. The quantitative estimate of drug-likeness (QED) is 0.712. The molecule has 3 atom stereocenters. The van der Waals surface area contributed by atoms with E-state index in [4.69, 9.17) is 0 Å². The first-order chi connectivity index (χ1) is 6.97. The van der Waals surface area contributed by atoms with Crippen molar-refractivity contribution in [1.82, 2.24) is 9.91 Å². The third kappa shape index (κ3) is 2.60. The second-order valence-corrected chi connectivity index (χ2v) is 4.15. The first kappa shape index (κ1) is 12.3. The van der Waals surface area contributed by atoms with Crippen LogP contribution in [0.3, 0.4) is 0 Å². The van der Waals surface area contributed by atoms with E-state index in [0.29, 0.717) is 6.42 Å². The number of aliphatic hydroxyl groups is 2. The SMILES string of the molecule is CC[C@@H](C)N1C(CC(C)O)=NN(C)C1O. The summed E-state index contributed by atoms with van der Waals surface area (Å²) in [7, 11) is 1.73. The molecule has 0 aromatic heterocycles. The lowest BCUT2D eigenvalue weighted by Gasteiger charge is -2.31. The summed E-state index contributed by atoms with van der Waals surface area (Å²) in [6.07, 6.45) is 0.276. The maximum atomic E-state index is 9.90. The minimum atomic E-state index is -0.700. The van der Waals surface area contributed by atoms with E-state index < -0.39 is 12.5 Å². The standard InChI is InChI=1S/C10H21N3O2/c1-5-7(2)13-9(6-8(3)14)11-12(4)10(13)15/h7-8,10,14-15H,5-6H2,1-4H3/t7-,8?,10?/m1/s1. The molecular formula is C10H21N3O2. The molecule has 0 aromatic rings. The van der Waals surface area contributed by atoms with Gasteiger partial charge in [-0.25, -0.2) is 0 Å². The fourth-order valence-electron chi connectivity index (χ4n) is 1.69. The molecule has 15 heavy (non-hydrogen) atoms. The van der Waals surface area contributed by atoms with Gasteiger partial charge >= 0.3 is 0 Å². The highest BCUT2D eigenvalue weighted by atomic mass is 16.3. The van der Waals surface area contributed by atoms with Gasteiger partial charge in [-0.3, -0.25) is 5.01 Å². The summed E-state index contributed by atoms with van der Waals surface area (Å²) in [5.74, 6) is 0.759. The van der Waals surface area contributed by atoms with Crippen molar-refractivity contribution >= 4 is 5.84 Å². The van der Waals surface area contributed by atoms with Crippen molar-refractivity contribution in [3.63, 3.8) is 0 Å². The largest absolute Gasteiger partial charge is 0.393 e. The number of hydrogen-bond acceptors (Lipinski definition) is 5. The zero-order chi connectivity index (χ0) is 11.6. The number of rotatable bonds is 4. The fourth-order valence-corrected chi connectivity index (χ4v) is 1.69. The fraction of sp³-hybridized carbons (Fsp3) is 0.900. The average molecular weight is 215 g/mol. The Morgan fingerprint density at radius 2 is 2.07 bits per heavy atom. The number of aliphatic hydroxyl groups excluding tert-OH is 2. The monoisotopic (exact) mass is 215 g/mol. The van der Waals surface area contributed by atoms with Crippen molar-refractivity contribution in [3.8, 4) is 0 Å². The zero-order valence-electron chi connectivity index (χ0n) is 9.88. The molecule has 2 unspecified atom stereocenters. The van der Waals surface area contributed by atoms with Crippen LogP contribution in [0.15, 0.2) is 5.10 Å². The van der Waals surface area contributed by atoms with Gasteiger partial charge < -0.3 is 15.1 Å². The van der Waals surface area contributed by atoms with Gasteiger partial charge in [0.25, 0.3) is 0 Å². The molecule has 2 N–H and O–H groups in total. The molecule has 0 bridgehead atoms. The van der Waals surface area contributed by atoms with Gasteiger partial charge in [0.15, 0.2) is 0 Å². The highest BCUT2D eigenvalue weighted by Gasteiger charge is 2.33. The molecule has 88 valence electrons. The van der Waals surface area contributed by atoms with Crippen LogP contribution in [0.2, 0.25) is 0 Å². The zero-order valence-corrected chi connectivity index (χ0v) is 9.88. The Balaban J connectivity index is 2.77.